The first-order valence-electron chi connectivity index (χ1n) is 7.53. The van der Waals surface area contributed by atoms with Gasteiger partial charge in [0.05, 0.1) is 10.8 Å². The van der Waals surface area contributed by atoms with E-state index in [0.717, 1.165) is 18.9 Å². The Labute approximate surface area is 139 Å². The number of aryl methyl sites for hydroxylation is 1. The summed E-state index contributed by atoms with van der Waals surface area (Å²) in [5, 5.41) is 2.84. The maximum atomic E-state index is 13.4. The van der Waals surface area contributed by atoms with Gasteiger partial charge in [-0.15, -0.1) is 11.8 Å². The Kier molecular flexibility index (Phi) is 4.66. The van der Waals surface area contributed by atoms with E-state index >= 15 is 0 Å². The molecule has 1 aliphatic heterocycles. The number of carbonyl (C=O) groups is 1. The summed E-state index contributed by atoms with van der Waals surface area (Å²) < 4.78 is 40.1. The first-order valence-corrected chi connectivity index (χ1v) is 10.1. The van der Waals surface area contributed by atoms with Crippen molar-refractivity contribution in [2.45, 2.75) is 30.7 Å². The van der Waals surface area contributed by atoms with Crippen molar-refractivity contribution in [3.63, 3.8) is 0 Å². The lowest BCUT2D eigenvalue weighted by molar-refractivity contribution is -0.123. The van der Waals surface area contributed by atoms with Gasteiger partial charge in [-0.25, -0.2) is 12.8 Å². The fourth-order valence-corrected chi connectivity index (χ4v) is 5.70. The molecule has 0 spiro atoms. The van der Waals surface area contributed by atoms with E-state index in [0.29, 0.717) is 18.2 Å². The predicted molar refractivity (Wildman–Crippen MR) is 87.0 cm³/mol. The number of rotatable bonds is 5. The molecule has 0 aromatic heterocycles. The van der Waals surface area contributed by atoms with Gasteiger partial charge in [0.1, 0.15) is 11.9 Å². The Morgan fingerprint density at radius 2 is 2.17 bits per heavy atom. The van der Waals surface area contributed by atoms with Gasteiger partial charge in [0, 0.05) is 12.3 Å². The van der Waals surface area contributed by atoms with E-state index in [2.05, 4.69) is 5.32 Å². The van der Waals surface area contributed by atoms with Gasteiger partial charge in [-0.3, -0.25) is 4.79 Å². The number of amides is 1. The van der Waals surface area contributed by atoms with E-state index in [-0.39, 0.29) is 22.2 Å². The van der Waals surface area contributed by atoms with Crippen molar-refractivity contribution in [3.05, 3.63) is 29.6 Å². The van der Waals surface area contributed by atoms with Crippen LogP contribution in [0.15, 0.2) is 23.1 Å². The summed E-state index contributed by atoms with van der Waals surface area (Å²) >= 11 is 1.41. The molecule has 1 saturated heterocycles. The SMILES string of the molecule is Cc1cc(S(=O)(=O)N2CSC[C@@H]2C(=O)NCC2CC2)ccc1F. The molecule has 2 aliphatic rings. The van der Waals surface area contributed by atoms with E-state index in [9.17, 15) is 17.6 Å². The Hall–Kier alpha value is -1.12. The molecule has 126 valence electrons. The van der Waals surface area contributed by atoms with Crippen molar-refractivity contribution in [2.75, 3.05) is 18.2 Å². The van der Waals surface area contributed by atoms with Crippen LogP contribution < -0.4 is 5.32 Å². The van der Waals surface area contributed by atoms with Gasteiger partial charge < -0.3 is 5.32 Å². The third-order valence-corrected chi connectivity index (χ3v) is 7.17. The van der Waals surface area contributed by atoms with Gasteiger partial charge in [-0.2, -0.15) is 4.31 Å². The van der Waals surface area contributed by atoms with E-state index in [1.54, 1.807) is 0 Å². The molecular weight excluding hydrogens is 339 g/mol. The quantitative estimate of drug-likeness (QED) is 0.870. The third-order valence-electron chi connectivity index (χ3n) is 4.14. The zero-order valence-electron chi connectivity index (χ0n) is 12.8. The first-order chi connectivity index (χ1) is 10.9. The second-order valence-electron chi connectivity index (χ2n) is 6.01. The summed E-state index contributed by atoms with van der Waals surface area (Å²) in [5.74, 6) is 0.525. The van der Waals surface area contributed by atoms with Crippen LogP contribution in [0.3, 0.4) is 0 Å². The number of nitrogens with one attached hydrogen (secondary N) is 1. The van der Waals surface area contributed by atoms with Gasteiger partial charge >= 0.3 is 0 Å². The normalized spacial score (nSPS) is 22.3. The van der Waals surface area contributed by atoms with Gasteiger partial charge in [0.25, 0.3) is 0 Å². The highest BCUT2D eigenvalue weighted by Gasteiger charge is 2.40. The van der Waals surface area contributed by atoms with Crippen LogP contribution in [0.2, 0.25) is 0 Å². The van der Waals surface area contributed by atoms with Crippen molar-refractivity contribution < 1.29 is 17.6 Å². The maximum Gasteiger partial charge on any atom is 0.244 e. The molecule has 0 unspecified atom stereocenters. The molecule has 2 fully saturated rings. The number of nitrogens with zero attached hydrogens (tertiary/aromatic N) is 1. The molecule has 1 amide bonds. The minimum absolute atomic E-state index is 0.0268. The van der Waals surface area contributed by atoms with Gasteiger partial charge in [-0.1, -0.05) is 0 Å². The smallest absolute Gasteiger partial charge is 0.244 e. The molecule has 1 aliphatic carbocycles. The molecule has 1 atom stereocenters. The van der Waals surface area contributed by atoms with Crippen molar-refractivity contribution in [1.29, 1.82) is 0 Å². The monoisotopic (exact) mass is 358 g/mol. The zero-order valence-corrected chi connectivity index (χ0v) is 14.4. The highest BCUT2D eigenvalue weighted by molar-refractivity contribution is 8.00. The van der Waals surface area contributed by atoms with Gasteiger partial charge in [-0.05, 0) is 49.4 Å². The maximum absolute atomic E-state index is 13.4. The van der Waals surface area contributed by atoms with Crippen LogP contribution in [0, 0.1) is 18.7 Å². The van der Waals surface area contributed by atoms with E-state index in [1.807, 2.05) is 0 Å². The molecule has 23 heavy (non-hydrogen) atoms. The van der Waals surface area contributed by atoms with Crippen LogP contribution in [0.5, 0.6) is 0 Å². The van der Waals surface area contributed by atoms with E-state index < -0.39 is 21.9 Å². The third kappa shape index (κ3) is 3.54. The summed E-state index contributed by atoms with van der Waals surface area (Å²) in [6.45, 7) is 2.14. The number of hydrogen-bond donors (Lipinski definition) is 1. The Bertz CT molecular complexity index is 719. The molecular formula is C15H19FN2O3S2. The van der Waals surface area contributed by atoms with Crippen LogP contribution in [0.25, 0.3) is 0 Å². The number of sulfonamides is 1. The summed E-state index contributed by atoms with van der Waals surface area (Å²) in [7, 11) is -3.81. The molecule has 0 radical (unpaired) electrons. The van der Waals surface area contributed by atoms with Crippen molar-refractivity contribution >= 4 is 27.7 Å². The van der Waals surface area contributed by atoms with Crippen molar-refractivity contribution in [2.24, 2.45) is 5.92 Å². The van der Waals surface area contributed by atoms with Crippen LogP contribution in [-0.4, -0.2) is 42.8 Å². The molecule has 1 heterocycles. The number of halogens is 1. The number of thioether (sulfide) groups is 1. The molecule has 1 N–H and O–H groups in total. The van der Waals surface area contributed by atoms with E-state index in [4.69, 9.17) is 0 Å². The molecule has 1 saturated carbocycles. The second kappa shape index (κ2) is 6.41. The highest BCUT2D eigenvalue weighted by atomic mass is 32.2. The second-order valence-corrected chi connectivity index (χ2v) is 8.90. The van der Waals surface area contributed by atoms with E-state index in [1.165, 1.54) is 35.1 Å². The highest BCUT2D eigenvalue weighted by Crippen LogP contribution is 2.30. The molecule has 0 bridgehead atoms. The van der Waals surface area contributed by atoms with Gasteiger partial charge in [0.15, 0.2) is 0 Å². The van der Waals surface area contributed by atoms with Crippen molar-refractivity contribution in [1.82, 2.24) is 9.62 Å². The summed E-state index contributed by atoms with van der Waals surface area (Å²) in [6.07, 6.45) is 2.24. The Balaban J connectivity index is 1.79. The topological polar surface area (TPSA) is 66.5 Å². The van der Waals surface area contributed by atoms with Crippen LogP contribution in [0.4, 0.5) is 4.39 Å². The molecule has 3 rings (SSSR count). The average molecular weight is 358 g/mol. The van der Waals surface area contributed by atoms with Crippen LogP contribution >= 0.6 is 11.8 Å². The summed E-state index contributed by atoms with van der Waals surface area (Å²) in [6, 6.07) is 3.01. The van der Waals surface area contributed by atoms with Crippen LogP contribution in [0.1, 0.15) is 18.4 Å². The zero-order chi connectivity index (χ0) is 16.6. The van der Waals surface area contributed by atoms with Crippen molar-refractivity contribution in [3.8, 4) is 0 Å². The number of benzene rings is 1. The lowest BCUT2D eigenvalue weighted by atomic mass is 10.2. The minimum atomic E-state index is -3.81. The predicted octanol–water partition coefficient (Wildman–Crippen LogP) is 1.72. The Morgan fingerprint density at radius 1 is 1.43 bits per heavy atom. The average Bonchev–Trinajstić information content (AvgIpc) is 3.20. The standard InChI is InChI=1S/C15H19FN2O3S2/c1-10-6-12(4-5-13(10)16)23(20,21)18-9-22-8-14(18)15(19)17-7-11-2-3-11/h4-6,11,14H,2-3,7-9H2,1H3,(H,17,19)/t14-/m1/s1. The summed E-state index contributed by atoms with van der Waals surface area (Å²) in [4.78, 5) is 12.3. The fourth-order valence-electron chi connectivity index (χ4n) is 2.47. The minimum Gasteiger partial charge on any atom is -0.354 e. The first kappa shape index (κ1) is 16.7. The fraction of sp³-hybridized carbons (Fsp3) is 0.533. The van der Waals surface area contributed by atoms with Gasteiger partial charge in [0.2, 0.25) is 15.9 Å². The number of hydrogen-bond acceptors (Lipinski definition) is 4. The molecule has 1 aromatic rings. The lowest BCUT2D eigenvalue weighted by Gasteiger charge is -2.22. The molecule has 1 aromatic carbocycles. The largest absolute Gasteiger partial charge is 0.354 e. The van der Waals surface area contributed by atoms with Crippen LogP contribution in [-0.2, 0) is 14.8 Å². The summed E-state index contributed by atoms with van der Waals surface area (Å²) in [5.41, 5.74) is 0.271. The molecule has 8 heteroatoms. The lowest BCUT2D eigenvalue weighted by Crippen LogP contribution is -2.47. The number of carbonyl (C=O) groups excluding carboxylic acids is 1. The molecule has 5 nitrogen and oxygen atoms in total. The Morgan fingerprint density at radius 3 is 2.83 bits per heavy atom.